The smallest absolute Gasteiger partial charge is 0.303 e. The summed E-state index contributed by atoms with van der Waals surface area (Å²) in [5.74, 6) is -0.730. The monoisotopic (exact) mass is 330 g/mol. The number of allylic oxidation sites excluding steroid dienone is 9. The van der Waals surface area contributed by atoms with Crippen molar-refractivity contribution in [3.05, 3.63) is 61.3 Å². The molecule has 0 aliphatic carbocycles. The van der Waals surface area contributed by atoms with E-state index in [0.29, 0.717) is 6.42 Å². The molecule has 0 unspecified atom stereocenters. The lowest BCUT2D eigenvalue weighted by Gasteiger charge is -1.92. The van der Waals surface area contributed by atoms with E-state index < -0.39 is 5.97 Å². The van der Waals surface area contributed by atoms with Crippen molar-refractivity contribution < 1.29 is 9.90 Å². The van der Waals surface area contributed by atoms with E-state index in [-0.39, 0.29) is 6.42 Å². The second-order valence-electron chi connectivity index (χ2n) is 5.78. The molecule has 0 saturated heterocycles. The van der Waals surface area contributed by atoms with Crippen LogP contribution in [-0.4, -0.2) is 11.1 Å². The van der Waals surface area contributed by atoms with Gasteiger partial charge in [-0.05, 0) is 64.2 Å². The van der Waals surface area contributed by atoms with E-state index in [2.05, 4.69) is 49.1 Å². The van der Waals surface area contributed by atoms with Gasteiger partial charge in [-0.15, -0.1) is 6.58 Å². The minimum atomic E-state index is -0.730. The third-order valence-electron chi connectivity index (χ3n) is 3.49. The van der Waals surface area contributed by atoms with Crippen molar-refractivity contribution in [3.63, 3.8) is 0 Å². The fourth-order valence-corrected chi connectivity index (χ4v) is 2.12. The Bertz CT molecular complexity index is 414. The van der Waals surface area contributed by atoms with Gasteiger partial charge in [0, 0.05) is 6.42 Å². The first-order valence-electron chi connectivity index (χ1n) is 9.20. The van der Waals surface area contributed by atoms with Crippen LogP contribution in [0.2, 0.25) is 0 Å². The van der Waals surface area contributed by atoms with Crippen LogP contribution in [0.1, 0.15) is 70.6 Å². The normalized spacial score (nSPS) is 12.2. The number of carboxylic acid groups (broad SMARTS) is 1. The fraction of sp³-hybridized carbons (Fsp3) is 0.500. The van der Waals surface area contributed by atoms with Crippen LogP contribution in [0.5, 0.6) is 0 Å². The molecule has 0 atom stereocenters. The van der Waals surface area contributed by atoms with Crippen LogP contribution in [0.25, 0.3) is 0 Å². The van der Waals surface area contributed by atoms with Gasteiger partial charge in [0.25, 0.3) is 0 Å². The Morgan fingerprint density at radius 3 is 1.67 bits per heavy atom. The van der Waals surface area contributed by atoms with E-state index in [0.717, 1.165) is 38.5 Å². The Balaban J connectivity index is 3.37. The number of unbranched alkanes of at least 4 members (excludes halogenated alkanes) is 5. The number of carboxylic acids is 1. The molecule has 0 aromatic heterocycles. The van der Waals surface area contributed by atoms with Crippen LogP contribution in [0.15, 0.2) is 61.3 Å². The second-order valence-corrected chi connectivity index (χ2v) is 5.78. The van der Waals surface area contributed by atoms with Crippen LogP contribution in [0, 0.1) is 0 Å². The van der Waals surface area contributed by atoms with E-state index >= 15 is 0 Å². The summed E-state index contributed by atoms with van der Waals surface area (Å²) >= 11 is 0. The van der Waals surface area contributed by atoms with Crippen LogP contribution in [0.4, 0.5) is 0 Å². The number of carbonyl (C=O) groups is 1. The van der Waals surface area contributed by atoms with Crippen molar-refractivity contribution in [2.45, 2.75) is 70.6 Å². The quantitative estimate of drug-likeness (QED) is 0.250. The summed E-state index contributed by atoms with van der Waals surface area (Å²) < 4.78 is 0. The summed E-state index contributed by atoms with van der Waals surface area (Å²) in [5.41, 5.74) is 0. The zero-order valence-electron chi connectivity index (χ0n) is 15.0. The first-order valence-corrected chi connectivity index (χ1v) is 9.20. The van der Waals surface area contributed by atoms with E-state index in [1.165, 1.54) is 19.3 Å². The van der Waals surface area contributed by atoms with E-state index in [1.807, 2.05) is 12.2 Å². The van der Waals surface area contributed by atoms with Crippen molar-refractivity contribution in [1.29, 1.82) is 0 Å². The second kappa shape index (κ2) is 19.2. The highest BCUT2D eigenvalue weighted by molar-refractivity contribution is 5.66. The van der Waals surface area contributed by atoms with Gasteiger partial charge in [0.1, 0.15) is 0 Å². The Hall–Kier alpha value is -1.83. The van der Waals surface area contributed by atoms with Gasteiger partial charge in [-0.1, -0.05) is 54.7 Å². The predicted octanol–water partition coefficient (Wildman–Crippen LogP) is 6.77. The molecule has 0 radical (unpaired) electrons. The Labute approximate surface area is 148 Å². The molecule has 0 rings (SSSR count). The van der Waals surface area contributed by atoms with Crippen molar-refractivity contribution in [1.82, 2.24) is 0 Å². The lowest BCUT2D eigenvalue weighted by Crippen LogP contribution is -1.91. The maximum absolute atomic E-state index is 10.3. The third-order valence-corrected chi connectivity index (χ3v) is 3.49. The molecule has 0 aromatic rings. The minimum absolute atomic E-state index is 0.225. The molecule has 134 valence electrons. The maximum Gasteiger partial charge on any atom is 0.303 e. The first kappa shape index (κ1) is 22.2. The molecular weight excluding hydrogens is 296 g/mol. The molecule has 0 heterocycles. The molecule has 0 aliphatic rings. The molecule has 2 nitrogen and oxygen atoms in total. The fourth-order valence-electron chi connectivity index (χ4n) is 2.12. The topological polar surface area (TPSA) is 37.3 Å². The average Bonchev–Trinajstić information content (AvgIpc) is 2.56. The summed E-state index contributed by atoms with van der Waals surface area (Å²) in [5, 5.41) is 8.50. The van der Waals surface area contributed by atoms with Crippen LogP contribution in [0.3, 0.4) is 0 Å². The van der Waals surface area contributed by atoms with Crippen molar-refractivity contribution >= 4 is 5.97 Å². The predicted molar refractivity (Wildman–Crippen MR) is 105 cm³/mol. The number of hydrogen-bond donors (Lipinski definition) is 1. The largest absolute Gasteiger partial charge is 0.481 e. The molecule has 0 saturated carbocycles. The molecule has 0 bridgehead atoms. The molecule has 2 heteroatoms. The minimum Gasteiger partial charge on any atom is -0.481 e. The summed E-state index contributed by atoms with van der Waals surface area (Å²) in [4.78, 5) is 10.3. The molecule has 0 spiro atoms. The van der Waals surface area contributed by atoms with Crippen LogP contribution >= 0.6 is 0 Å². The van der Waals surface area contributed by atoms with Gasteiger partial charge >= 0.3 is 5.97 Å². The maximum atomic E-state index is 10.3. The zero-order chi connectivity index (χ0) is 17.7. The summed E-state index contributed by atoms with van der Waals surface area (Å²) in [7, 11) is 0. The molecule has 0 aliphatic heterocycles. The third kappa shape index (κ3) is 20.2. The van der Waals surface area contributed by atoms with Crippen LogP contribution < -0.4 is 0 Å². The number of rotatable bonds is 16. The summed E-state index contributed by atoms with van der Waals surface area (Å²) in [6.07, 6.45) is 30.3. The zero-order valence-corrected chi connectivity index (χ0v) is 15.0. The van der Waals surface area contributed by atoms with Gasteiger partial charge in [-0.2, -0.15) is 0 Å². The molecule has 0 aromatic carbocycles. The molecule has 1 N–H and O–H groups in total. The molecular formula is C22H34O2. The SMILES string of the molecule is C=CCCCCC=CCC=CCCC=CCCC=CCCC(=O)O. The van der Waals surface area contributed by atoms with Gasteiger partial charge in [0.2, 0.25) is 0 Å². The van der Waals surface area contributed by atoms with E-state index in [4.69, 9.17) is 5.11 Å². The van der Waals surface area contributed by atoms with E-state index in [1.54, 1.807) is 0 Å². The van der Waals surface area contributed by atoms with Gasteiger partial charge in [-0.3, -0.25) is 4.79 Å². The highest BCUT2D eigenvalue weighted by atomic mass is 16.4. The first-order chi connectivity index (χ1) is 11.8. The molecule has 0 fully saturated rings. The highest BCUT2D eigenvalue weighted by Crippen LogP contribution is 2.02. The van der Waals surface area contributed by atoms with Crippen LogP contribution in [-0.2, 0) is 4.79 Å². The summed E-state index contributed by atoms with van der Waals surface area (Å²) in [6.45, 7) is 3.73. The van der Waals surface area contributed by atoms with Crippen molar-refractivity contribution in [2.75, 3.05) is 0 Å². The van der Waals surface area contributed by atoms with Gasteiger partial charge in [0.05, 0.1) is 0 Å². The summed E-state index contributed by atoms with van der Waals surface area (Å²) in [6, 6.07) is 0. The lowest BCUT2D eigenvalue weighted by molar-refractivity contribution is -0.136. The average molecular weight is 331 g/mol. The Morgan fingerprint density at radius 1 is 0.667 bits per heavy atom. The van der Waals surface area contributed by atoms with Gasteiger partial charge in [-0.25, -0.2) is 0 Å². The van der Waals surface area contributed by atoms with E-state index in [9.17, 15) is 4.79 Å². The highest BCUT2D eigenvalue weighted by Gasteiger charge is 1.90. The van der Waals surface area contributed by atoms with Gasteiger partial charge in [0.15, 0.2) is 0 Å². The van der Waals surface area contributed by atoms with Crippen molar-refractivity contribution in [3.8, 4) is 0 Å². The Kier molecular flexibility index (Phi) is 17.8. The number of aliphatic carboxylic acids is 1. The molecule has 24 heavy (non-hydrogen) atoms. The lowest BCUT2D eigenvalue weighted by atomic mass is 10.1. The van der Waals surface area contributed by atoms with Crippen molar-refractivity contribution in [2.24, 2.45) is 0 Å². The Morgan fingerprint density at radius 2 is 1.12 bits per heavy atom. The molecule has 0 amide bonds. The number of hydrogen-bond acceptors (Lipinski definition) is 1. The van der Waals surface area contributed by atoms with Gasteiger partial charge < -0.3 is 5.11 Å². The standard InChI is InChI=1S/C22H34O2/c1-2-3-4-5-6-7-8-9-10-11-12-13-14-15-16-17-18-19-20-21-22(23)24/h2,7-8,10-11,14-15,18-19H,1,3-6,9,12-13,16-17,20-21H2,(H,23,24).